The Morgan fingerprint density at radius 1 is 1.19 bits per heavy atom. The van der Waals surface area contributed by atoms with Gasteiger partial charge in [0, 0.05) is 75.5 Å². The molecule has 192 valence electrons. The van der Waals surface area contributed by atoms with Gasteiger partial charge in [0.05, 0.1) is 24.2 Å². The highest BCUT2D eigenvalue weighted by molar-refractivity contribution is 5.76. The molecule has 1 saturated heterocycles. The lowest BCUT2D eigenvalue weighted by atomic mass is 9.99. The number of pyridine rings is 1. The zero-order chi connectivity index (χ0) is 25.2. The van der Waals surface area contributed by atoms with Crippen molar-refractivity contribution in [2.75, 3.05) is 62.6 Å². The van der Waals surface area contributed by atoms with Crippen LogP contribution in [0.4, 0.5) is 22.9 Å². The number of hydrogen-bond donors (Lipinski definition) is 2. The fraction of sp³-hybridized carbons (Fsp3) is 0.370. The molecule has 1 aromatic carbocycles. The van der Waals surface area contributed by atoms with Crippen molar-refractivity contribution in [1.82, 2.24) is 19.4 Å². The molecule has 10 heteroatoms. The fourth-order valence-corrected chi connectivity index (χ4v) is 4.94. The highest BCUT2D eigenvalue weighted by Crippen LogP contribution is 2.34. The van der Waals surface area contributed by atoms with Crippen molar-refractivity contribution in [2.45, 2.75) is 12.8 Å². The average Bonchev–Trinajstić information content (AvgIpc) is 3.42. The molecule has 2 aliphatic heterocycles. The first-order chi connectivity index (χ1) is 18.2. The number of aromatic nitrogens is 4. The van der Waals surface area contributed by atoms with Crippen molar-refractivity contribution >= 4 is 28.5 Å². The van der Waals surface area contributed by atoms with Gasteiger partial charge in [-0.15, -0.1) is 0 Å². The summed E-state index contributed by atoms with van der Waals surface area (Å²) < 4.78 is 18.9. The van der Waals surface area contributed by atoms with Crippen LogP contribution in [0, 0.1) is 5.92 Å². The summed E-state index contributed by atoms with van der Waals surface area (Å²) in [6, 6.07) is 8.16. The summed E-state index contributed by atoms with van der Waals surface area (Å²) in [5, 5.41) is 6.80. The predicted octanol–water partition coefficient (Wildman–Crippen LogP) is 4.21. The smallest absolute Gasteiger partial charge is 0.237 e. The number of methoxy groups -OCH3 is 1. The number of fused-ring (bicyclic) bond motifs is 2. The summed E-state index contributed by atoms with van der Waals surface area (Å²) in [6.07, 6.45) is 9.60. The maximum absolute atomic E-state index is 5.78. The maximum atomic E-state index is 5.78. The molecule has 1 fully saturated rings. The minimum Gasteiger partial charge on any atom is -0.495 e. The lowest BCUT2D eigenvalue weighted by Crippen LogP contribution is -2.29. The van der Waals surface area contributed by atoms with Crippen LogP contribution in [0.1, 0.15) is 12.8 Å². The van der Waals surface area contributed by atoms with E-state index in [1.165, 1.54) is 0 Å². The van der Waals surface area contributed by atoms with Crippen LogP contribution in [0.3, 0.4) is 0 Å². The van der Waals surface area contributed by atoms with E-state index in [0.29, 0.717) is 24.2 Å². The van der Waals surface area contributed by atoms with Crippen molar-refractivity contribution in [1.29, 1.82) is 0 Å². The standard InChI is InChI=1S/C27H31N7O3/c1-33(16-18-5-10-36-11-6-18)23-4-3-20(14-24(23)35-2)31-25-26-29-7-9-34(26)17-22(32-25)19-13-21-27(30-15-19)37-12-8-28-21/h3-4,7,9,13-15,17-18,28H,5-6,8,10-12,16H2,1-2H3,(H,31,32). The molecular weight excluding hydrogens is 470 g/mol. The minimum absolute atomic E-state index is 0.611. The summed E-state index contributed by atoms with van der Waals surface area (Å²) in [5.41, 5.74) is 5.19. The molecule has 0 bridgehead atoms. The number of nitrogens with one attached hydrogen (secondary N) is 2. The predicted molar refractivity (Wildman–Crippen MR) is 143 cm³/mol. The van der Waals surface area contributed by atoms with Gasteiger partial charge in [0.2, 0.25) is 5.88 Å². The maximum Gasteiger partial charge on any atom is 0.237 e. The average molecular weight is 502 g/mol. The number of imidazole rings is 1. The highest BCUT2D eigenvalue weighted by atomic mass is 16.5. The van der Waals surface area contributed by atoms with Crippen LogP contribution < -0.4 is 25.0 Å². The van der Waals surface area contributed by atoms with E-state index in [1.807, 2.05) is 35.0 Å². The lowest BCUT2D eigenvalue weighted by molar-refractivity contribution is 0.0685. The molecule has 0 amide bonds. The number of nitrogens with zero attached hydrogens (tertiary/aromatic N) is 5. The van der Waals surface area contributed by atoms with Crippen molar-refractivity contribution in [2.24, 2.45) is 5.92 Å². The van der Waals surface area contributed by atoms with Crippen LogP contribution in [0.25, 0.3) is 16.9 Å². The van der Waals surface area contributed by atoms with Crippen molar-refractivity contribution in [3.8, 4) is 22.9 Å². The van der Waals surface area contributed by atoms with E-state index in [2.05, 4.69) is 38.6 Å². The quantitative estimate of drug-likeness (QED) is 0.386. The first kappa shape index (κ1) is 23.4. The van der Waals surface area contributed by atoms with Crippen LogP contribution >= 0.6 is 0 Å². The van der Waals surface area contributed by atoms with Gasteiger partial charge in [-0.3, -0.25) is 0 Å². The summed E-state index contributed by atoms with van der Waals surface area (Å²) in [6.45, 7) is 4.03. The molecule has 37 heavy (non-hydrogen) atoms. The van der Waals surface area contributed by atoms with Crippen LogP contribution in [0.5, 0.6) is 11.6 Å². The molecule has 0 spiro atoms. The van der Waals surface area contributed by atoms with Crippen molar-refractivity contribution in [3.05, 3.63) is 49.1 Å². The van der Waals surface area contributed by atoms with E-state index in [4.69, 9.17) is 19.2 Å². The Morgan fingerprint density at radius 3 is 2.95 bits per heavy atom. The van der Waals surface area contributed by atoms with E-state index in [9.17, 15) is 0 Å². The highest BCUT2D eigenvalue weighted by Gasteiger charge is 2.19. The third-order valence-corrected chi connectivity index (χ3v) is 6.90. The first-order valence-corrected chi connectivity index (χ1v) is 12.6. The second kappa shape index (κ2) is 10.1. The third kappa shape index (κ3) is 4.84. The van der Waals surface area contributed by atoms with Gasteiger partial charge in [0.1, 0.15) is 12.4 Å². The first-order valence-electron chi connectivity index (χ1n) is 12.6. The van der Waals surface area contributed by atoms with Gasteiger partial charge in [0.15, 0.2) is 11.5 Å². The topological polar surface area (TPSA) is 98.1 Å². The van der Waals surface area contributed by atoms with Crippen LogP contribution in [-0.4, -0.2) is 66.4 Å². The monoisotopic (exact) mass is 501 g/mol. The lowest BCUT2D eigenvalue weighted by Gasteiger charge is -2.29. The molecule has 5 heterocycles. The molecular formula is C27H31N7O3. The van der Waals surface area contributed by atoms with Crippen LogP contribution in [0.15, 0.2) is 49.1 Å². The van der Waals surface area contributed by atoms with Gasteiger partial charge in [-0.1, -0.05) is 0 Å². The number of anilines is 4. The Hall–Kier alpha value is -4.05. The number of hydrogen-bond acceptors (Lipinski definition) is 9. The van der Waals surface area contributed by atoms with Crippen LogP contribution in [0.2, 0.25) is 0 Å². The zero-order valence-corrected chi connectivity index (χ0v) is 21.1. The van der Waals surface area contributed by atoms with Crippen molar-refractivity contribution < 1.29 is 14.2 Å². The molecule has 2 aliphatic rings. The molecule has 6 rings (SSSR count). The second-order valence-corrected chi connectivity index (χ2v) is 9.43. The van der Waals surface area contributed by atoms with E-state index in [-0.39, 0.29) is 0 Å². The molecule has 0 aliphatic carbocycles. The normalized spacial score (nSPS) is 15.5. The number of benzene rings is 1. The van der Waals surface area contributed by atoms with Gasteiger partial charge in [-0.2, -0.15) is 0 Å². The van der Waals surface area contributed by atoms with Crippen LogP contribution in [-0.2, 0) is 4.74 Å². The molecule has 4 aromatic rings. The molecule has 10 nitrogen and oxygen atoms in total. The summed E-state index contributed by atoms with van der Waals surface area (Å²) in [7, 11) is 3.82. The van der Waals surface area contributed by atoms with Gasteiger partial charge < -0.3 is 34.1 Å². The Morgan fingerprint density at radius 2 is 2.08 bits per heavy atom. The molecule has 0 unspecified atom stereocenters. The fourth-order valence-electron chi connectivity index (χ4n) is 4.94. The molecule has 0 saturated carbocycles. The van der Waals surface area contributed by atoms with Gasteiger partial charge in [-0.05, 0) is 37.0 Å². The number of ether oxygens (including phenoxy) is 3. The second-order valence-electron chi connectivity index (χ2n) is 9.43. The minimum atomic E-state index is 0.611. The van der Waals surface area contributed by atoms with Crippen molar-refractivity contribution in [3.63, 3.8) is 0 Å². The van der Waals surface area contributed by atoms with E-state index < -0.39 is 0 Å². The summed E-state index contributed by atoms with van der Waals surface area (Å²) in [4.78, 5) is 16.2. The Balaban J connectivity index is 1.28. The summed E-state index contributed by atoms with van der Waals surface area (Å²) in [5.74, 6) is 2.70. The van der Waals surface area contributed by atoms with E-state index in [0.717, 1.165) is 78.9 Å². The summed E-state index contributed by atoms with van der Waals surface area (Å²) >= 11 is 0. The van der Waals surface area contributed by atoms with Gasteiger partial charge in [-0.25, -0.2) is 15.0 Å². The zero-order valence-electron chi connectivity index (χ0n) is 21.1. The Bertz CT molecular complexity index is 1400. The molecule has 2 N–H and O–H groups in total. The largest absolute Gasteiger partial charge is 0.495 e. The number of rotatable bonds is 7. The third-order valence-electron chi connectivity index (χ3n) is 6.90. The Kier molecular flexibility index (Phi) is 6.40. The molecule has 0 radical (unpaired) electrons. The van der Waals surface area contributed by atoms with Gasteiger partial charge in [0.25, 0.3) is 0 Å². The molecule has 3 aromatic heterocycles. The van der Waals surface area contributed by atoms with E-state index in [1.54, 1.807) is 19.5 Å². The SMILES string of the molecule is COc1cc(Nc2nc(-c3cnc4c(c3)NCCO4)cn3ccnc23)ccc1N(C)CC1CCOCC1. The van der Waals surface area contributed by atoms with Gasteiger partial charge >= 0.3 is 0 Å². The Labute approximate surface area is 215 Å². The molecule has 0 atom stereocenters. The van der Waals surface area contributed by atoms with E-state index >= 15 is 0 Å².